The maximum absolute atomic E-state index is 12.5. The smallest absolute Gasteiger partial charge is 0.319 e. The maximum Gasteiger partial charge on any atom is 0.319 e. The Morgan fingerprint density at radius 2 is 1.96 bits per heavy atom. The summed E-state index contributed by atoms with van der Waals surface area (Å²) in [4.78, 5) is 12.5. The molecule has 0 aromatic heterocycles. The summed E-state index contributed by atoms with van der Waals surface area (Å²) >= 11 is 0. The fourth-order valence-electron chi connectivity index (χ4n) is 3.45. The van der Waals surface area contributed by atoms with Crippen molar-refractivity contribution in [3.05, 3.63) is 84.0 Å². The Morgan fingerprint density at radius 1 is 1.19 bits per heavy atom. The summed E-state index contributed by atoms with van der Waals surface area (Å²) < 4.78 is 10.6. The molecule has 2 unspecified atom stereocenters. The SMILES string of the molecule is C=C(C1=CC2C(=O)Oc3cc(O)c(OC)cc3C2C=C1)c1ccccc1. The van der Waals surface area contributed by atoms with Crippen molar-refractivity contribution in [2.75, 3.05) is 7.11 Å². The Hall–Kier alpha value is -3.27. The molecule has 1 aliphatic carbocycles. The maximum atomic E-state index is 12.5. The predicted octanol–water partition coefficient (Wildman–Crippen LogP) is 4.23. The quantitative estimate of drug-likeness (QED) is 0.667. The van der Waals surface area contributed by atoms with Crippen LogP contribution in [0.5, 0.6) is 17.2 Å². The predicted molar refractivity (Wildman–Crippen MR) is 99.2 cm³/mol. The number of phenols is 1. The summed E-state index contributed by atoms with van der Waals surface area (Å²) in [5, 5.41) is 9.93. The zero-order valence-electron chi connectivity index (χ0n) is 14.3. The van der Waals surface area contributed by atoms with Gasteiger partial charge < -0.3 is 14.6 Å². The van der Waals surface area contributed by atoms with Crippen molar-refractivity contribution in [1.82, 2.24) is 0 Å². The van der Waals surface area contributed by atoms with Gasteiger partial charge in [0.1, 0.15) is 5.75 Å². The van der Waals surface area contributed by atoms with Crippen LogP contribution in [0.3, 0.4) is 0 Å². The lowest BCUT2D eigenvalue weighted by atomic mass is 9.77. The van der Waals surface area contributed by atoms with Crippen molar-refractivity contribution < 1.29 is 19.4 Å². The van der Waals surface area contributed by atoms with E-state index in [1.165, 1.54) is 13.2 Å². The molecule has 1 N–H and O–H groups in total. The Balaban J connectivity index is 1.71. The minimum absolute atomic E-state index is 0.0500. The van der Waals surface area contributed by atoms with E-state index in [1.807, 2.05) is 48.6 Å². The Bertz CT molecular complexity index is 954. The van der Waals surface area contributed by atoms with Gasteiger partial charge >= 0.3 is 5.97 Å². The van der Waals surface area contributed by atoms with Gasteiger partial charge in [-0.15, -0.1) is 0 Å². The lowest BCUT2D eigenvalue weighted by Gasteiger charge is -2.31. The van der Waals surface area contributed by atoms with Crippen molar-refractivity contribution >= 4 is 11.5 Å². The fraction of sp³-hybridized carbons (Fsp3) is 0.136. The van der Waals surface area contributed by atoms with Gasteiger partial charge in [0.05, 0.1) is 13.0 Å². The van der Waals surface area contributed by atoms with Gasteiger partial charge in [0.2, 0.25) is 0 Å². The molecule has 2 aliphatic rings. The van der Waals surface area contributed by atoms with E-state index in [-0.39, 0.29) is 17.6 Å². The molecule has 130 valence electrons. The molecular formula is C22H18O4. The molecule has 4 heteroatoms. The zero-order chi connectivity index (χ0) is 18.3. The second-order valence-electron chi connectivity index (χ2n) is 6.36. The average molecular weight is 346 g/mol. The lowest BCUT2D eigenvalue weighted by molar-refractivity contribution is -0.138. The molecule has 2 aromatic rings. The van der Waals surface area contributed by atoms with Crippen LogP contribution in [0.2, 0.25) is 0 Å². The van der Waals surface area contributed by atoms with Gasteiger partial charge in [-0.2, -0.15) is 0 Å². The summed E-state index contributed by atoms with van der Waals surface area (Å²) in [6.45, 7) is 4.17. The molecule has 0 radical (unpaired) electrons. The minimum Gasteiger partial charge on any atom is -0.504 e. The third-order valence-electron chi connectivity index (χ3n) is 4.85. The molecule has 4 rings (SSSR count). The van der Waals surface area contributed by atoms with E-state index in [0.29, 0.717) is 11.5 Å². The number of benzene rings is 2. The Kier molecular flexibility index (Phi) is 3.88. The number of phenolic OH excluding ortho intramolecular Hbond substituents is 1. The average Bonchev–Trinajstić information content (AvgIpc) is 2.67. The molecular weight excluding hydrogens is 328 g/mol. The molecule has 0 fully saturated rings. The number of aromatic hydroxyl groups is 1. The Labute approximate surface area is 151 Å². The summed E-state index contributed by atoms with van der Waals surface area (Å²) in [7, 11) is 1.49. The van der Waals surface area contributed by atoms with Crippen LogP contribution in [0, 0.1) is 5.92 Å². The first kappa shape index (κ1) is 16.2. The van der Waals surface area contributed by atoms with Crippen LogP contribution >= 0.6 is 0 Å². The van der Waals surface area contributed by atoms with Crippen LogP contribution in [-0.2, 0) is 4.79 Å². The van der Waals surface area contributed by atoms with Crippen molar-refractivity contribution in [2.45, 2.75) is 5.92 Å². The Morgan fingerprint density at radius 3 is 2.69 bits per heavy atom. The minimum atomic E-state index is -0.433. The van der Waals surface area contributed by atoms with E-state index in [0.717, 1.165) is 22.3 Å². The van der Waals surface area contributed by atoms with Crippen LogP contribution in [0.1, 0.15) is 17.0 Å². The molecule has 2 atom stereocenters. The molecule has 0 bridgehead atoms. The summed E-state index contributed by atoms with van der Waals surface area (Å²) in [6, 6.07) is 13.0. The first-order valence-corrected chi connectivity index (χ1v) is 8.36. The van der Waals surface area contributed by atoms with Gasteiger partial charge in [0, 0.05) is 17.5 Å². The summed E-state index contributed by atoms with van der Waals surface area (Å²) in [6.07, 6.45) is 5.88. The number of methoxy groups -OCH3 is 1. The monoisotopic (exact) mass is 346 g/mol. The van der Waals surface area contributed by atoms with Crippen LogP contribution < -0.4 is 9.47 Å². The van der Waals surface area contributed by atoms with E-state index in [9.17, 15) is 9.90 Å². The molecule has 0 saturated carbocycles. The van der Waals surface area contributed by atoms with Crippen molar-refractivity contribution in [2.24, 2.45) is 5.92 Å². The molecule has 0 saturated heterocycles. The van der Waals surface area contributed by atoms with E-state index in [2.05, 4.69) is 6.58 Å². The molecule has 1 aliphatic heterocycles. The molecule has 0 spiro atoms. The van der Waals surface area contributed by atoms with E-state index >= 15 is 0 Å². The molecule has 2 aromatic carbocycles. The zero-order valence-corrected chi connectivity index (χ0v) is 14.3. The highest BCUT2D eigenvalue weighted by Crippen LogP contribution is 2.46. The van der Waals surface area contributed by atoms with Gasteiger partial charge in [-0.3, -0.25) is 4.79 Å². The third-order valence-corrected chi connectivity index (χ3v) is 4.85. The summed E-state index contributed by atoms with van der Waals surface area (Å²) in [5.41, 5.74) is 3.60. The number of rotatable bonds is 3. The molecule has 0 amide bonds. The third kappa shape index (κ3) is 2.60. The van der Waals surface area contributed by atoms with Crippen molar-refractivity contribution in [3.8, 4) is 17.2 Å². The number of hydrogen-bond donors (Lipinski definition) is 1. The highest BCUT2D eigenvalue weighted by atomic mass is 16.5. The number of carbonyl (C=O) groups is 1. The van der Waals surface area contributed by atoms with Crippen LogP contribution in [0.4, 0.5) is 0 Å². The number of hydrogen-bond acceptors (Lipinski definition) is 4. The molecule has 4 nitrogen and oxygen atoms in total. The number of allylic oxidation sites excluding steroid dienone is 4. The highest BCUT2D eigenvalue weighted by Gasteiger charge is 2.37. The highest BCUT2D eigenvalue weighted by molar-refractivity contribution is 5.87. The van der Waals surface area contributed by atoms with E-state index < -0.39 is 5.92 Å². The number of carbonyl (C=O) groups excluding carboxylic acids is 1. The van der Waals surface area contributed by atoms with E-state index in [4.69, 9.17) is 9.47 Å². The lowest BCUT2D eigenvalue weighted by Crippen LogP contribution is -2.31. The van der Waals surface area contributed by atoms with Crippen molar-refractivity contribution in [1.29, 1.82) is 0 Å². The first-order chi connectivity index (χ1) is 12.6. The fourth-order valence-corrected chi connectivity index (χ4v) is 3.45. The standard InChI is InChI=1S/C22H18O4/c1-13(14-6-4-3-5-7-14)15-8-9-16-17-11-21(25-2)19(23)12-20(17)26-22(24)18(16)10-15/h3-12,16,18,23H,1H2,2H3. The van der Waals surface area contributed by atoms with Crippen LogP contribution in [0.15, 0.2) is 72.8 Å². The summed E-state index contributed by atoms with van der Waals surface area (Å²) in [5.74, 6) is -0.249. The number of fused-ring (bicyclic) bond motifs is 3. The largest absolute Gasteiger partial charge is 0.504 e. The van der Waals surface area contributed by atoms with Crippen molar-refractivity contribution in [3.63, 3.8) is 0 Å². The number of esters is 1. The molecule has 1 heterocycles. The number of ether oxygens (including phenoxy) is 2. The first-order valence-electron chi connectivity index (χ1n) is 8.36. The van der Waals surface area contributed by atoms with Gasteiger partial charge in [-0.25, -0.2) is 0 Å². The van der Waals surface area contributed by atoms with Gasteiger partial charge in [0.15, 0.2) is 11.5 Å². The van der Waals surface area contributed by atoms with Crippen LogP contribution in [-0.4, -0.2) is 18.2 Å². The van der Waals surface area contributed by atoms with Gasteiger partial charge in [-0.1, -0.05) is 55.1 Å². The second-order valence-corrected chi connectivity index (χ2v) is 6.36. The van der Waals surface area contributed by atoms with E-state index in [1.54, 1.807) is 6.07 Å². The normalized spacial score (nSPS) is 20.5. The van der Waals surface area contributed by atoms with Gasteiger partial charge in [0.25, 0.3) is 0 Å². The second kappa shape index (κ2) is 6.23. The van der Waals surface area contributed by atoms with Gasteiger partial charge in [-0.05, 0) is 22.8 Å². The molecule has 26 heavy (non-hydrogen) atoms. The van der Waals surface area contributed by atoms with Crippen LogP contribution in [0.25, 0.3) is 5.57 Å². The topological polar surface area (TPSA) is 55.8 Å².